The van der Waals surface area contributed by atoms with Crippen LogP contribution in [0.1, 0.15) is 62.4 Å². The van der Waals surface area contributed by atoms with Gasteiger partial charge in [0.2, 0.25) is 5.91 Å². The molecule has 0 atom stereocenters. The maximum Gasteiger partial charge on any atom is 0.222 e. The smallest absolute Gasteiger partial charge is 0.222 e. The van der Waals surface area contributed by atoms with Crippen LogP contribution in [0.5, 0.6) is 0 Å². The van der Waals surface area contributed by atoms with Crippen LogP contribution in [0.3, 0.4) is 0 Å². The van der Waals surface area contributed by atoms with Crippen LogP contribution >= 0.6 is 11.5 Å². The molecule has 1 aromatic heterocycles. The highest BCUT2D eigenvalue weighted by Crippen LogP contribution is 2.40. The zero-order valence-corrected chi connectivity index (χ0v) is 17.2. The molecule has 3 rings (SSSR count). The molecule has 0 radical (unpaired) electrons. The lowest BCUT2D eigenvalue weighted by molar-refractivity contribution is -0.139. The number of methoxy groups -OCH3 is 1. The molecule has 1 spiro atoms. The Morgan fingerprint density at radius 3 is 2.73 bits per heavy atom. The van der Waals surface area contributed by atoms with Crippen molar-refractivity contribution in [2.75, 3.05) is 39.9 Å². The number of carbonyl (C=O) groups is 1. The Morgan fingerprint density at radius 1 is 1.27 bits per heavy atom. The summed E-state index contributed by atoms with van der Waals surface area (Å²) in [5.41, 5.74) is 1.48. The quantitative estimate of drug-likeness (QED) is 0.681. The summed E-state index contributed by atoms with van der Waals surface area (Å²) in [6, 6.07) is 0. The van der Waals surface area contributed by atoms with E-state index in [-0.39, 0.29) is 0 Å². The highest BCUT2D eigenvalue weighted by molar-refractivity contribution is 7.05. The summed E-state index contributed by atoms with van der Waals surface area (Å²) in [6.45, 7) is 10.0. The summed E-state index contributed by atoms with van der Waals surface area (Å²) in [7, 11) is 1.72. The van der Waals surface area contributed by atoms with E-state index >= 15 is 0 Å². The lowest BCUT2D eigenvalue weighted by Gasteiger charge is -2.47. The first kappa shape index (κ1) is 19.7. The molecule has 1 aromatic rings. The summed E-state index contributed by atoms with van der Waals surface area (Å²) < 4.78 is 9.30. The number of ether oxygens (including phenoxy) is 1. The van der Waals surface area contributed by atoms with Gasteiger partial charge in [-0.3, -0.25) is 9.69 Å². The summed E-state index contributed by atoms with van der Waals surface area (Å²) in [6.07, 6.45) is 5.07. The van der Waals surface area contributed by atoms with Crippen molar-refractivity contribution in [2.45, 2.75) is 58.4 Å². The molecule has 0 bridgehead atoms. The maximum atomic E-state index is 12.3. The molecule has 0 unspecified atom stereocenters. The third-order valence-electron chi connectivity index (χ3n) is 5.94. The molecule has 0 N–H and O–H groups in total. The molecule has 2 fully saturated rings. The van der Waals surface area contributed by atoms with Gasteiger partial charge < -0.3 is 9.64 Å². The van der Waals surface area contributed by atoms with Crippen molar-refractivity contribution in [2.24, 2.45) is 5.41 Å². The van der Waals surface area contributed by atoms with Gasteiger partial charge in [0.1, 0.15) is 0 Å². The molecular weight excluding hydrogens is 348 g/mol. The number of hydrogen-bond donors (Lipinski definition) is 0. The molecule has 0 aliphatic carbocycles. The average Bonchev–Trinajstić information content (AvgIpc) is 3.09. The molecule has 26 heavy (non-hydrogen) atoms. The van der Waals surface area contributed by atoms with Gasteiger partial charge in [0, 0.05) is 39.8 Å². The predicted octanol–water partition coefficient (Wildman–Crippen LogP) is 2.90. The summed E-state index contributed by atoms with van der Waals surface area (Å²) in [5, 5.41) is 4.31. The second-order valence-electron chi connectivity index (χ2n) is 8.17. The highest BCUT2D eigenvalue weighted by Gasteiger charge is 2.40. The minimum atomic E-state index is 0.324. The summed E-state index contributed by atoms with van der Waals surface area (Å²) >= 11 is 1.54. The van der Waals surface area contributed by atoms with E-state index in [9.17, 15) is 4.79 Å². The molecule has 2 saturated heterocycles. The number of piperidine rings is 2. The number of aromatic nitrogens is 2. The van der Waals surface area contributed by atoms with Gasteiger partial charge in [0.25, 0.3) is 0 Å². The van der Waals surface area contributed by atoms with E-state index in [0.29, 0.717) is 23.7 Å². The van der Waals surface area contributed by atoms with E-state index in [2.05, 4.69) is 33.2 Å². The lowest BCUT2D eigenvalue weighted by atomic mass is 9.72. The molecule has 6 nitrogen and oxygen atoms in total. The molecule has 0 saturated carbocycles. The van der Waals surface area contributed by atoms with Crippen molar-refractivity contribution >= 4 is 17.4 Å². The van der Waals surface area contributed by atoms with E-state index in [1.54, 1.807) is 18.6 Å². The minimum absolute atomic E-state index is 0.324. The second kappa shape index (κ2) is 8.76. The number of amides is 1. The van der Waals surface area contributed by atoms with Gasteiger partial charge in [-0.15, -0.1) is 5.10 Å². The van der Waals surface area contributed by atoms with Gasteiger partial charge in [-0.1, -0.05) is 18.3 Å². The Labute approximate surface area is 161 Å². The predicted molar refractivity (Wildman–Crippen MR) is 103 cm³/mol. The molecule has 7 heteroatoms. The fraction of sp³-hybridized carbons (Fsp3) is 0.842. The zero-order valence-electron chi connectivity index (χ0n) is 16.4. The average molecular weight is 381 g/mol. The summed E-state index contributed by atoms with van der Waals surface area (Å²) in [4.78, 5) is 18.2. The van der Waals surface area contributed by atoms with E-state index in [4.69, 9.17) is 4.74 Å². The van der Waals surface area contributed by atoms with Crippen LogP contribution in [-0.4, -0.2) is 65.2 Å². The first-order valence-electron chi connectivity index (χ1n) is 9.83. The Morgan fingerprint density at radius 2 is 2.04 bits per heavy atom. The molecule has 2 aliphatic heterocycles. The molecule has 0 aromatic carbocycles. The normalized spacial score (nSPS) is 21.1. The van der Waals surface area contributed by atoms with Gasteiger partial charge in [0.15, 0.2) is 0 Å². The van der Waals surface area contributed by atoms with Crippen LogP contribution in [0.2, 0.25) is 0 Å². The third kappa shape index (κ3) is 4.61. The van der Waals surface area contributed by atoms with E-state index in [0.717, 1.165) is 57.9 Å². The van der Waals surface area contributed by atoms with Crippen LogP contribution in [-0.2, 0) is 16.1 Å². The first-order valence-corrected chi connectivity index (χ1v) is 10.6. The van der Waals surface area contributed by atoms with Crippen LogP contribution in [0.15, 0.2) is 0 Å². The molecular formula is C19H32N4O2S. The van der Waals surface area contributed by atoms with E-state index < -0.39 is 0 Å². The standard InChI is InChI=1S/C19H32N4O2S/c1-15(2)18-16(26-21-20-18)13-22-10-7-19(8-11-22)6-5-17(24)23(14-19)9-4-12-25-3/h15H,4-14H2,1-3H3. The van der Waals surface area contributed by atoms with Crippen LogP contribution in [0.25, 0.3) is 0 Å². The van der Waals surface area contributed by atoms with Crippen molar-refractivity contribution in [3.05, 3.63) is 10.6 Å². The van der Waals surface area contributed by atoms with E-state index in [1.165, 1.54) is 17.7 Å². The molecule has 3 heterocycles. The van der Waals surface area contributed by atoms with E-state index in [1.807, 2.05) is 0 Å². The zero-order chi connectivity index (χ0) is 18.6. The van der Waals surface area contributed by atoms with Crippen molar-refractivity contribution in [3.63, 3.8) is 0 Å². The monoisotopic (exact) mass is 380 g/mol. The van der Waals surface area contributed by atoms with Gasteiger partial charge in [-0.2, -0.15) is 0 Å². The Kier molecular flexibility index (Phi) is 6.64. The highest BCUT2D eigenvalue weighted by atomic mass is 32.1. The van der Waals surface area contributed by atoms with Gasteiger partial charge >= 0.3 is 0 Å². The Hall–Kier alpha value is -1.05. The third-order valence-corrected chi connectivity index (χ3v) is 6.66. The Bertz CT molecular complexity index is 596. The molecule has 2 aliphatic rings. The Balaban J connectivity index is 1.53. The first-order chi connectivity index (χ1) is 12.5. The fourth-order valence-corrected chi connectivity index (χ4v) is 5.10. The van der Waals surface area contributed by atoms with Gasteiger partial charge in [-0.25, -0.2) is 0 Å². The topological polar surface area (TPSA) is 58.6 Å². The molecule has 1 amide bonds. The van der Waals surface area contributed by atoms with Gasteiger partial charge in [-0.05, 0) is 61.6 Å². The van der Waals surface area contributed by atoms with Crippen molar-refractivity contribution in [3.8, 4) is 0 Å². The number of rotatable bonds is 7. The number of hydrogen-bond acceptors (Lipinski definition) is 6. The van der Waals surface area contributed by atoms with Crippen molar-refractivity contribution in [1.29, 1.82) is 0 Å². The fourth-order valence-electron chi connectivity index (χ4n) is 4.27. The minimum Gasteiger partial charge on any atom is -0.385 e. The number of carbonyl (C=O) groups excluding carboxylic acids is 1. The van der Waals surface area contributed by atoms with Crippen LogP contribution < -0.4 is 0 Å². The SMILES string of the molecule is COCCCN1CC2(CCC1=O)CCN(Cc1snnc1C(C)C)CC2. The molecule has 146 valence electrons. The summed E-state index contributed by atoms with van der Waals surface area (Å²) in [5.74, 6) is 0.761. The van der Waals surface area contributed by atoms with Crippen LogP contribution in [0, 0.1) is 5.41 Å². The van der Waals surface area contributed by atoms with Crippen molar-refractivity contribution < 1.29 is 9.53 Å². The number of nitrogens with zero attached hydrogens (tertiary/aromatic N) is 4. The van der Waals surface area contributed by atoms with Gasteiger partial charge in [0.05, 0.1) is 10.6 Å². The second-order valence-corrected chi connectivity index (χ2v) is 9.01. The van der Waals surface area contributed by atoms with Crippen LogP contribution in [0.4, 0.5) is 0 Å². The largest absolute Gasteiger partial charge is 0.385 e. The number of likely N-dealkylation sites (tertiary alicyclic amines) is 2. The maximum absolute atomic E-state index is 12.3. The lowest BCUT2D eigenvalue weighted by Crippen LogP contribution is -2.51. The van der Waals surface area contributed by atoms with Crippen molar-refractivity contribution in [1.82, 2.24) is 19.4 Å².